The molecule has 3 fully saturated rings. The van der Waals surface area contributed by atoms with Gasteiger partial charge in [0.05, 0.1) is 38.3 Å². The van der Waals surface area contributed by atoms with Crippen LogP contribution in [0.15, 0.2) is 25.3 Å². The van der Waals surface area contributed by atoms with E-state index in [2.05, 4.69) is 13.2 Å². The van der Waals surface area contributed by atoms with Crippen molar-refractivity contribution in [1.82, 2.24) is 4.90 Å². The number of likely N-dealkylation sites (tertiary alicyclic amines) is 1. The third kappa shape index (κ3) is 11.7. The first kappa shape index (κ1) is 35.3. The number of ether oxygens (including phenoxy) is 4. The van der Waals surface area contributed by atoms with Gasteiger partial charge >= 0.3 is 23.9 Å². The maximum atomic E-state index is 13.3. The van der Waals surface area contributed by atoms with Crippen LogP contribution in [0.25, 0.3) is 0 Å². The molecule has 246 valence electrons. The number of nitrogens with zero attached hydrogens (tertiary/aromatic N) is 1. The van der Waals surface area contributed by atoms with Gasteiger partial charge in [-0.05, 0) is 102 Å². The molecule has 1 amide bonds. The van der Waals surface area contributed by atoms with Crippen molar-refractivity contribution < 1.29 is 42.9 Å². The first-order chi connectivity index (χ1) is 21.3. The number of hydrogen-bond donors (Lipinski definition) is 0. The maximum Gasteiger partial charge on any atom is 0.330 e. The summed E-state index contributed by atoms with van der Waals surface area (Å²) in [5.74, 6) is 0.118. The molecular formula is C34H51NO9. The molecule has 0 unspecified atom stereocenters. The minimum Gasteiger partial charge on any atom is -0.465 e. The van der Waals surface area contributed by atoms with E-state index in [4.69, 9.17) is 18.9 Å². The van der Waals surface area contributed by atoms with Crippen LogP contribution in [0.2, 0.25) is 0 Å². The van der Waals surface area contributed by atoms with Crippen LogP contribution in [0.5, 0.6) is 0 Å². The molecule has 0 aromatic heterocycles. The average molecular weight is 618 g/mol. The maximum absolute atomic E-state index is 13.3. The Balaban J connectivity index is 1.24. The highest BCUT2D eigenvalue weighted by Gasteiger charge is 2.37. The van der Waals surface area contributed by atoms with Crippen molar-refractivity contribution >= 4 is 29.8 Å². The molecule has 2 aliphatic carbocycles. The third-order valence-electron chi connectivity index (χ3n) is 9.42. The highest BCUT2D eigenvalue weighted by atomic mass is 16.5. The lowest BCUT2D eigenvalue weighted by molar-refractivity contribution is -0.152. The van der Waals surface area contributed by atoms with E-state index in [1.54, 1.807) is 0 Å². The van der Waals surface area contributed by atoms with Crippen LogP contribution in [0.4, 0.5) is 0 Å². The van der Waals surface area contributed by atoms with Crippen LogP contribution >= 0.6 is 0 Å². The van der Waals surface area contributed by atoms with Gasteiger partial charge in [-0.25, -0.2) is 9.59 Å². The van der Waals surface area contributed by atoms with Crippen molar-refractivity contribution in [3.63, 3.8) is 0 Å². The van der Waals surface area contributed by atoms with Crippen molar-refractivity contribution in [2.24, 2.45) is 29.6 Å². The van der Waals surface area contributed by atoms with Crippen LogP contribution in [-0.2, 0) is 42.9 Å². The second kappa shape index (κ2) is 19.3. The number of carbonyl (C=O) groups is 5. The lowest BCUT2D eigenvalue weighted by atomic mass is 9.69. The second-order valence-electron chi connectivity index (χ2n) is 12.3. The molecule has 10 nitrogen and oxygen atoms in total. The number of rotatable bonds is 16. The van der Waals surface area contributed by atoms with E-state index in [-0.39, 0.29) is 42.2 Å². The van der Waals surface area contributed by atoms with Gasteiger partial charge in [0.25, 0.3) is 0 Å². The Morgan fingerprint density at radius 2 is 0.886 bits per heavy atom. The second-order valence-corrected chi connectivity index (χ2v) is 12.3. The Morgan fingerprint density at radius 3 is 1.30 bits per heavy atom. The van der Waals surface area contributed by atoms with Crippen LogP contribution in [0.1, 0.15) is 89.9 Å². The predicted octanol–water partition coefficient (Wildman–Crippen LogP) is 4.94. The number of esters is 4. The molecule has 10 heteroatoms. The van der Waals surface area contributed by atoms with E-state index >= 15 is 0 Å². The normalized spacial score (nSPS) is 24.0. The Morgan fingerprint density at radius 1 is 0.523 bits per heavy atom. The lowest BCUT2D eigenvalue weighted by Crippen LogP contribution is -2.44. The summed E-state index contributed by atoms with van der Waals surface area (Å²) in [6.07, 6.45) is 13.8. The topological polar surface area (TPSA) is 126 Å². The number of carbonyl (C=O) groups excluding carboxylic acids is 5. The van der Waals surface area contributed by atoms with Crippen molar-refractivity contribution in [2.75, 3.05) is 39.5 Å². The number of piperidine rings is 1. The molecule has 3 rings (SSSR count). The number of unbranched alkanes of at least 4 members (excludes halogenated alkanes) is 2. The quantitative estimate of drug-likeness (QED) is 0.102. The predicted molar refractivity (Wildman–Crippen MR) is 163 cm³/mol. The van der Waals surface area contributed by atoms with Gasteiger partial charge in [0.15, 0.2) is 0 Å². The summed E-state index contributed by atoms with van der Waals surface area (Å²) in [4.78, 5) is 62.2. The van der Waals surface area contributed by atoms with Gasteiger partial charge < -0.3 is 23.8 Å². The zero-order valence-electron chi connectivity index (χ0n) is 26.2. The molecule has 3 aliphatic rings. The van der Waals surface area contributed by atoms with E-state index in [0.29, 0.717) is 83.3 Å². The molecular weight excluding hydrogens is 566 g/mol. The first-order valence-corrected chi connectivity index (χ1v) is 16.5. The standard InChI is InChI=1S/C34H51NO9/c1-3-30(36)41-21-5-7-23-43-33(39)28-15-11-26(12-16-28)25-9-13-27(14-10-25)32(38)35-19-17-29(18-20-35)34(40)44-24-8-6-22-42-31(37)4-2/h3-4,25-29H,1-2,5-24H2. The fourth-order valence-corrected chi connectivity index (χ4v) is 6.71. The van der Waals surface area contributed by atoms with Gasteiger partial charge in [0.1, 0.15) is 0 Å². The van der Waals surface area contributed by atoms with Crippen molar-refractivity contribution in [2.45, 2.75) is 89.9 Å². The smallest absolute Gasteiger partial charge is 0.330 e. The van der Waals surface area contributed by atoms with Gasteiger partial charge in [0.2, 0.25) is 5.91 Å². The van der Waals surface area contributed by atoms with Gasteiger partial charge in [0, 0.05) is 31.2 Å². The highest BCUT2D eigenvalue weighted by Crippen LogP contribution is 2.42. The monoisotopic (exact) mass is 617 g/mol. The van der Waals surface area contributed by atoms with Crippen molar-refractivity contribution in [3.05, 3.63) is 25.3 Å². The molecule has 1 saturated heterocycles. The summed E-state index contributed by atoms with van der Waals surface area (Å²) in [7, 11) is 0. The van der Waals surface area contributed by atoms with E-state index in [1.807, 2.05) is 4.90 Å². The Labute approximate surface area is 261 Å². The largest absolute Gasteiger partial charge is 0.465 e. The van der Waals surface area contributed by atoms with Crippen molar-refractivity contribution in [1.29, 1.82) is 0 Å². The van der Waals surface area contributed by atoms with Crippen LogP contribution in [0, 0.1) is 29.6 Å². The van der Waals surface area contributed by atoms with Gasteiger partial charge in [-0.15, -0.1) is 0 Å². The zero-order chi connectivity index (χ0) is 31.7. The third-order valence-corrected chi connectivity index (χ3v) is 9.42. The van der Waals surface area contributed by atoms with Crippen LogP contribution < -0.4 is 0 Å². The fourth-order valence-electron chi connectivity index (χ4n) is 6.71. The molecule has 0 aromatic carbocycles. The SMILES string of the molecule is C=CC(=O)OCCCCOC(=O)C1CCC(C2CCC(C(=O)N3CCC(C(=O)OCCCCOC(=O)C=C)CC3)CC2)CC1. The fraction of sp³-hybridized carbons (Fsp3) is 0.735. The summed E-state index contributed by atoms with van der Waals surface area (Å²) < 4.78 is 20.7. The summed E-state index contributed by atoms with van der Waals surface area (Å²) in [5, 5.41) is 0. The van der Waals surface area contributed by atoms with Gasteiger partial charge in [-0.1, -0.05) is 13.2 Å². The van der Waals surface area contributed by atoms with E-state index in [0.717, 1.165) is 63.5 Å². The highest BCUT2D eigenvalue weighted by molar-refractivity contribution is 5.81. The zero-order valence-corrected chi connectivity index (χ0v) is 26.2. The summed E-state index contributed by atoms with van der Waals surface area (Å²) in [6, 6.07) is 0. The molecule has 0 bridgehead atoms. The average Bonchev–Trinajstić information content (AvgIpc) is 3.07. The Hall–Kier alpha value is -3.17. The minimum atomic E-state index is -0.452. The van der Waals surface area contributed by atoms with Crippen molar-refractivity contribution in [3.8, 4) is 0 Å². The molecule has 1 aliphatic heterocycles. The van der Waals surface area contributed by atoms with E-state index in [9.17, 15) is 24.0 Å². The molecule has 1 heterocycles. The molecule has 0 spiro atoms. The molecule has 0 aromatic rings. The van der Waals surface area contributed by atoms with Crippen LogP contribution in [0.3, 0.4) is 0 Å². The molecule has 0 radical (unpaired) electrons. The van der Waals surface area contributed by atoms with E-state index in [1.165, 1.54) is 0 Å². The molecule has 0 atom stereocenters. The number of amides is 1. The van der Waals surface area contributed by atoms with Gasteiger partial charge in [-0.2, -0.15) is 0 Å². The molecule has 2 saturated carbocycles. The van der Waals surface area contributed by atoms with Crippen LogP contribution in [-0.4, -0.2) is 74.2 Å². The first-order valence-electron chi connectivity index (χ1n) is 16.5. The Kier molecular flexibility index (Phi) is 15.5. The minimum absolute atomic E-state index is 0.0306. The number of hydrogen-bond acceptors (Lipinski definition) is 9. The van der Waals surface area contributed by atoms with E-state index < -0.39 is 11.9 Å². The summed E-state index contributed by atoms with van der Waals surface area (Å²) in [6.45, 7) is 9.13. The summed E-state index contributed by atoms with van der Waals surface area (Å²) in [5.41, 5.74) is 0. The molecule has 44 heavy (non-hydrogen) atoms. The lowest BCUT2D eigenvalue weighted by Gasteiger charge is -2.39. The van der Waals surface area contributed by atoms with Gasteiger partial charge in [-0.3, -0.25) is 14.4 Å². The Bertz CT molecular complexity index is 971. The molecule has 0 N–H and O–H groups in total. The summed E-state index contributed by atoms with van der Waals surface area (Å²) >= 11 is 0.